The molecular weight excluding hydrogens is 420 g/mol. The number of anilines is 1. The minimum atomic E-state index is -1.43. The Kier molecular flexibility index (Phi) is 3.88. The molecule has 1 aromatic heterocycles. The Hall–Kier alpha value is -2.68. The number of carboxylic acids is 1. The fraction of sp³-hybridized carbons (Fsp3) is 0.565. The van der Waals surface area contributed by atoms with Gasteiger partial charge in [0.1, 0.15) is 17.4 Å². The molecule has 1 spiro atoms. The van der Waals surface area contributed by atoms with Gasteiger partial charge < -0.3 is 25.0 Å². The van der Waals surface area contributed by atoms with Crippen molar-refractivity contribution in [1.82, 2.24) is 4.57 Å². The number of aromatic nitrogens is 1. The summed E-state index contributed by atoms with van der Waals surface area (Å²) in [6, 6.07) is 0.449. The highest BCUT2D eigenvalue weighted by molar-refractivity contribution is 5.97. The Bertz CT molecular complexity index is 1240. The van der Waals surface area contributed by atoms with Crippen LogP contribution in [0.3, 0.4) is 0 Å². The molecule has 0 radical (unpaired) electrons. The zero-order valence-electron chi connectivity index (χ0n) is 17.7. The first kappa shape index (κ1) is 20.0. The number of alkyl halides is 1. The SMILES string of the molecule is COc1c(N2C[C@H]3CC4(CC4)C[C@@]3(N)C2)c(F)cc2c(=O)c(C(=O)O)cn([C@@H]3C[C@@H]3F)c12. The molecule has 4 atom stereocenters. The molecule has 170 valence electrons. The van der Waals surface area contributed by atoms with E-state index in [-0.39, 0.29) is 34.7 Å². The van der Waals surface area contributed by atoms with E-state index in [0.717, 1.165) is 25.1 Å². The van der Waals surface area contributed by atoms with Crippen molar-refractivity contribution in [2.75, 3.05) is 25.1 Å². The molecule has 1 aliphatic heterocycles. The van der Waals surface area contributed by atoms with Gasteiger partial charge in [0.15, 0.2) is 11.6 Å². The highest BCUT2D eigenvalue weighted by Gasteiger charge is 2.61. The van der Waals surface area contributed by atoms with E-state index in [1.807, 2.05) is 4.90 Å². The van der Waals surface area contributed by atoms with Gasteiger partial charge in [-0.3, -0.25) is 4.79 Å². The molecule has 7 nitrogen and oxygen atoms in total. The van der Waals surface area contributed by atoms with Gasteiger partial charge in [-0.15, -0.1) is 0 Å². The molecule has 1 saturated heterocycles. The number of pyridine rings is 1. The maximum absolute atomic E-state index is 15.5. The monoisotopic (exact) mass is 445 g/mol. The quantitative estimate of drug-likeness (QED) is 0.751. The third-order valence-electron chi connectivity index (χ3n) is 8.07. The summed E-state index contributed by atoms with van der Waals surface area (Å²) >= 11 is 0. The van der Waals surface area contributed by atoms with Crippen LogP contribution in [0.5, 0.6) is 5.75 Å². The van der Waals surface area contributed by atoms with Crippen LogP contribution in [0.25, 0.3) is 10.9 Å². The molecule has 3 aliphatic carbocycles. The number of benzene rings is 1. The summed E-state index contributed by atoms with van der Waals surface area (Å²) in [6.45, 7) is 1.06. The number of aromatic carboxylic acids is 1. The molecular formula is C23H25F2N3O4. The fourth-order valence-corrected chi connectivity index (χ4v) is 6.27. The van der Waals surface area contributed by atoms with Crippen molar-refractivity contribution in [3.8, 4) is 5.75 Å². The van der Waals surface area contributed by atoms with Crippen LogP contribution < -0.4 is 20.8 Å². The summed E-state index contributed by atoms with van der Waals surface area (Å²) in [5.74, 6) is -1.73. The van der Waals surface area contributed by atoms with Gasteiger partial charge in [0.2, 0.25) is 5.43 Å². The fourth-order valence-electron chi connectivity index (χ4n) is 6.27. The summed E-state index contributed by atoms with van der Waals surface area (Å²) in [5.41, 5.74) is 5.85. The average molecular weight is 445 g/mol. The van der Waals surface area contributed by atoms with Gasteiger partial charge in [0.25, 0.3) is 0 Å². The first-order valence-electron chi connectivity index (χ1n) is 11.0. The Morgan fingerprint density at radius 2 is 2.09 bits per heavy atom. The van der Waals surface area contributed by atoms with Crippen molar-refractivity contribution in [3.05, 3.63) is 33.9 Å². The zero-order valence-corrected chi connectivity index (χ0v) is 17.7. The first-order chi connectivity index (χ1) is 15.2. The number of ether oxygens (including phenoxy) is 1. The Balaban J connectivity index is 1.53. The molecule has 9 heteroatoms. The highest BCUT2D eigenvalue weighted by atomic mass is 19.1. The molecule has 2 heterocycles. The molecule has 4 aliphatic rings. The third-order valence-corrected chi connectivity index (χ3v) is 8.07. The molecule has 32 heavy (non-hydrogen) atoms. The maximum Gasteiger partial charge on any atom is 0.341 e. The van der Waals surface area contributed by atoms with Crippen LogP contribution in [-0.4, -0.2) is 47.6 Å². The van der Waals surface area contributed by atoms with Crippen LogP contribution >= 0.6 is 0 Å². The lowest BCUT2D eigenvalue weighted by Crippen LogP contribution is -2.44. The minimum Gasteiger partial charge on any atom is -0.492 e. The largest absolute Gasteiger partial charge is 0.492 e. The second-order valence-electron chi connectivity index (χ2n) is 10.2. The molecule has 3 N–H and O–H groups in total. The lowest BCUT2D eigenvalue weighted by atomic mass is 9.92. The Morgan fingerprint density at radius 3 is 2.66 bits per heavy atom. The highest BCUT2D eigenvalue weighted by Crippen LogP contribution is 2.64. The molecule has 3 saturated carbocycles. The van der Waals surface area contributed by atoms with Gasteiger partial charge in [-0.05, 0) is 43.1 Å². The average Bonchev–Trinajstić information content (AvgIpc) is 3.59. The number of carboxylic acid groups (broad SMARTS) is 1. The Labute approximate surface area is 182 Å². The zero-order chi connectivity index (χ0) is 22.6. The van der Waals surface area contributed by atoms with Crippen LogP contribution in [0, 0.1) is 17.2 Å². The standard InChI is InChI=1S/C23H25F2N3O4/c1-32-20-17-12(19(29)13(21(30)31)8-28(17)16-5-14(16)24)4-15(25)18(20)27-7-11-6-22(2-3-22)9-23(11,26)10-27/h4,8,11,14,16H,2-3,5-7,9-10,26H2,1H3,(H,30,31)/t11-,14+,16-,23-/m1/s1. The predicted octanol–water partition coefficient (Wildman–Crippen LogP) is 2.84. The van der Waals surface area contributed by atoms with Crippen LogP contribution in [0.1, 0.15) is 48.5 Å². The van der Waals surface area contributed by atoms with E-state index >= 15 is 4.39 Å². The summed E-state index contributed by atoms with van der Waals surface area (Å²) in [6.07, 6.45) is 4.58. The molecule has 6 rings (SSSR count). The van der Waals surface area contributed by atoms with Crippen molar-refractivity contribution in [2.45, 2.75) is 49.9 Å². The lowest BCUT2D eigenvalue weighted by Gasteiger charge is -2.28. The Morgan fingerprint density at radius 1 is 1.38 bits per heavy atom. The minimum absolute atomic E-state index is 0.123. The van der Waals surface area contributed by atoms with E-state index in [2.05, 4.69) is 0 Å². The molecule has 0 unspecified atom stereocenters. The van der Waals surface area contributed by atoms with Crippen molar-refractivity contribution in [1.29, 1.82) is 0 Å². The van der Waals surface area contributed by atoms with Gasteiger partial charge in [-0.1, -0.05) is 0 Å². The second kappa shape index (κ2) is 6.21. The van der Waals surface area contributed by atoms with E-state index in [0.29, 0.717) is 18.5 Å². The smallest absolute Gasteiger partial charge is 0.341 e. The molecule has 4 fully saturated rings. The van der Waals surface area contributed by atoms with E-state index in [4.69, 9.17) is 10.5 Å². The van der Waals surface area contributed by atoms with Crippen molar-refractivity contribution in [3.63, 3.8) is 0 Å². The molecule has 0 bridgehead atoms. The summed E-state index contributed by atoms with van der Waals surface area (Å²) in [4.78, 5) is 26.3. The maximum atomic E-state index is 15.5. The lowest BCUT2D eigenvalue weighted by molar-refractivity contribution is 0.0694. The van der Waals surface area contributed by atoms with Gasteiger partial charge in [0, 0.05) is 31.2 Å². The van der Waals surface area contributed by atoms with E-state index in [1.165, 1.54) is 24.5 Å². The van der Waals surface area contributed by atoms with Gasteiger partial charge >= 0.3 is 5.97 Å². The van der Waals surface area contributed by atoms with Crippen LogP contribution in [-0.2, 0) is 0 Å². The van der Waals surface area contributed by atoms with E-state index in [9.17, 15) is 19.1 Å². The van der Waals surface area contributed by atoms with Crippen molar-refractivity contribution < 1.29 is 23.4 Å². The number of carbonyl (C=O) groups is 1. The van der Waals surface area contributed by atoms with Crippen LogP contribution in [0.4, 0.5) is 14.5 Å². The third kappa shape index (κ3) is 2.66. The van der Waals surface area contributed by atoms with E-state index < -0.39 is 40.5 Å². The molecule has 1 aromatic carbocycles. The number of hydrogen-bond acceptors (Lipinski definition) is 5. The van der Waals surface area contributed by atoms with Crippen LogP contribution in [0.2, 0.25) is 0 Å². The van der Waals surface area contributed by atoms with Gasteiger partial charge in [-0.2, -0.15) is 0 Å². The number of methoxy groups -OCH3 is 1. The molecule has 2 aromatic rings. The number of nitrogens with zero attached hydrogens (tertiary/aromatic N) is 2. The number of halogens is 2. The van der Waals surface area contributed by atoms with Gasteiger partial charge in [0.05, 0.1) is 24.1 Å². The number of rotatable bonds is 4. The predicted molar refractivity (Wildman–Crippen MR) is 114 cm³/mol. The van der Waals surface area contributed by atoms with Crippen molar-refractivity contribution >= 4 is 22.6 Å². The van der Waals surface area contributed by atoms with E-state index in [1.54, 1.807) is 0 Å². The molecule has 0 amide bonds. The number of fused-ring (bicyclic) bond motifs is 2. The van der Waals surface area contributed by atoms with Crippen LogP contribution in [0.15, 0.2) is 17.1 Å². The first-order valence-corrected chi connectivity index (χ1v) is 11.0. The van der Waals surface area contributed by atoms with Crippen molar-refractivity contribution in [2.24, 2.45) is 17.1 Å². The second-order valence-corrected chi connectivity index (χ2v) is 10.2. The topological polar surface area (TPSA) is 97.8 Å². The summed E-state index contributed by atoms with van der Waals surface area (Å²) in [7, 11) is 1.38. The normalized spacial score (nSPS) is 31.9. The van der Waals surface area contributed by atoms with Gasteiger partial charge in [-0.25, -0.2) is 13.6 Å². The summed E-state index contributed by atoms with van der Waals surface area (Å²) < 4.78 is 36.6. The number of hydrogen-bond donors (Lipinski definition) is 2. The number of nitrogens with two attached hydrogens (primary N) is 1. The summed E-state index contributed by atoms with van der Waals surface area (Å²) in [5, 5.41) is 9.33.